The number of aliphatic carboxylic acids is 1. The van der Waals surface area contributed by atoms with Gasteiger partial charge in [-0.3, -0.25) is 9.59 Å². The summed E-state index contributed by atoms with van der Waals surface area (Å²) in [4.78, 5) is 22.7. The molecule has 0 spiro atoms. The number of carbonyl (C=O) groups excluding carboxylic acids is 1. The molecule has 0 radical (unpaired) electrons. The van der Waals surface area contributed by atoms with E-state index in [1.165, 1.54) is 0 Å². The Balaban J connectivity index is 1.92. The van der Waals surface area contributed by atoms with Crippen LogP contribution in [0.2, 0.25) is 0 Å². The van der Waals surface area contributed by atoms with Crippen molar-refractivity contribution in [3.63, 3.8) is 0 Å². The van der Waals surface area contributed by atoms with Crippen molar-refractivity contribution in [2.24, 2.45) is 11.7 Å². The van der Waals surface area contributed by atoms with Crippen molar-refractivity contribution in [2.45, 2.75) is 37.3 Å². The van der Waals surface area contributed by atoms with E-state index in [0.29, 0.717) is 18.9 Å². The molecule has 2 fully saturated rings. The highest BCUT2D eigenvalue weighted by atomic mass is 16.5. The fourth-order valence-corrected chi connectivity index (χ4v) is 2.09. The Bertz CT molecular complexity index is 321. The molecule has 96 valence electrons. The molecule has 0 aromatic heterocycles. The molecular formula is C11H18N2O4. The van der Waals surface area contributed by atoms with Crippen molar-refractivity contribution in [3.05, 3.63) is 0 Å². The van der Waals surface area contributed by atoms with Crippen molar-refractivity contribution in [2.75, 3.05) is 13.2 Å². The van der Waals surface area contributed by atoms with E-state index in [0.717, 1.165) is 12.8 Å². The van der Waals surface area contributed by atoms with E-state index >= 15 is 0 Å². The lowest BCUT2D eigenvalue weighted by Gasteiger charge is -2.25. The molecule has 0 aromatic carbocycles. The quantitative estimate of drug-likeness (QED) is 0.601. The van der Waals surface area contributed by atoms with Crippen LogP contribution < -0.4 is 11.1 Å². The van der Waals surface area contributed by atoms with E-state index < -0.39 is 11.5 Å². The number of carbonyl (C=O) groups is 2. The molecule has 1 saturated heterocycles. The van der Waals surface area contributed by atoms with Crippen molar-refractivity contribution < 1.29 is 19.4 Å². The van der Waals surface area contributed by atoms with E-state index in [9.17, 15) is 9.59 Å². The summed E-state index contributed by atoms with van der Waals surface area (Å²) in [6.07, 6.45) is 2.41. The van der Waals surface area contributed by atoms with Crippen LogP contribution in [0.15, 0.2) is 0 Å². The van der Waals surface area contributed by atoms with Crippen molar-refractivity contribution >= 4 is 11.9 Å². The van der Waals surface area contributed by atoms with Crippen LogP contribution in [0.25, 0.3) is 0 Å². The molecule has 6 heteroatoms. The normalized spacial score (nSPS) is 29.9. The van der Waals surface area contributed by atoms with Gasteiger partial charge in [0, 0.05) is 12.6 Å². The Morgan fingerprint density at radius 2 is 2.24 bits per heavy atom. The fourth-order valence-electron chi connectivity index (χ4n) is 2.09. The minimum absolute atomic E-state index is 0.0344. The van der Waals surface area contributed by atoms with Gasteiger partial charge in [-0.05, 0) is 25.2 Å². The molecule has 2 rings (SSSR count). The molecule has 0 aromatic rings. The number of hydrogen-bond acceptors (Lipinski definition) is 4. The smallest absolute Gasteiger partial charge is 0.305 e. The monoisotopic (exact) mass is 242 g/mol. The second-order valence-electron chi connectivity index (χ2n) is 4.97. The molecule has 17 heavy (non-hydrogen) atoms. The van der Waals surface area contributed by atoms with Gasteiger partial charge in [-0.2, -0.15) is 0 Å². The van der Waals surface area contributed by atoms with Crippen molar-refractivity contribution in [1.82, 2.24) is 5.32 Å². The Hall–Kier alpha value is -1.14. The summed E-state index contributed by atoms with van der Waals surface area (Å²) in [5.41, 5.74) is 4.94. The predicted molar refractivity (Wildman–Crippen MR) is 59.3 cm³/mol. The number of rotatable bonds is 5. The summed E-state index contributed by atoms with van der Waals surface area (Å²) in [5, 5.41) is 11.6. The van der Waals surface area contributed by atoms with Crippen LogP contribution in [0.4, 0.5) is 0 Å². The lowest BCUT2D eigenvalue weighted by atomic mass is 9.97. The maximum atomic E-state index is 12.0. The van der Waals surface area contributed by atoms with E-state index in [1.54, 1.807) is 0 Å². The van der Waals surface area contributed by atoms with Crippen LogP contribution >= 0.6 is 0 Å². The molecular weight excluding hydrogens is 224 g/mol. The predicted octanol–water partition coefficient (Wildman–Crippen LogP) is -0.526. The fraction of sp³-hybridized carbons (Fsp3) is 0.818. The molecule has 1 saturated carbocycles. The van der Waals surface area contributed by atoms with Crippen LogP contribution in [-0.4, -0.2) is 41.8 Å². The Morgan fingerprint density at radius 1 is 1.53 bits per heavy atom. The lowest BCUT2D eigenvalue weighted by Crippen LogP contribution is -2.57. The number of nitrogens with two attached hydrogens (primary N) is 1. The van der Waals surface area contributed by atoms with Crippen molar-refractivity contribution in [3.8, 4) is 0 Å². The molecule has 6 nitrogen and oxygen atoms in total. The zero-order valence-corrected chi connectivity index (χ0v) is 9.65. The highest BCUT2D eigenvalue weighted by Gasteiger charge is 2.41. The van der Waals surface area contributed by atoms with Gasteiger partial charge >= 0.3 is 5.97 Å². The highest BCUT2D eigenvalue weighted by Crippen LogP contribution is 2.34. The summed E-state index contributed by atoms with van der Waals surface area (Å²) in [6.45, 7) is 0.695. The standard InChI is InChI=1S/C11H18N2O4/c12-11(3-4-17-6-11)10(16)13-8(5-9(14)15)7-1-2-7/h7-8H,1-6,12H2,(H,13,16)(H,14,15). The summed E-state index contributed by atoms with van der Waals surface area (Å²) >= 11 is 0. The van der Waals surface area contributed by atoms with Gasteiger partial charge in [0.2, 0.25) is 5.91 Å². The number of carboxylic acids is 1. The SMILES string of the molecule is NC1(C(=O)NC(CC(=O)O)C2CC2)CCOC1. The van der Waals surface area contributed by atoms with Gasteiger partial charge < -0.3 is 20.9 Å². The van der Waals surface area contributed by atoms with E-state index in [4.69, 9.17) is 15.6 Å². The Kier molecular flexibility index (Phi) is 3.35. The summed E-state index contributed by atoms with van der Waals surface area (Å²) < 4.78 is 5.12. The maximum Gasteiger partial charge on any atom is 0.305 e. The zero-order chi connectivity index (χ0) is 12.5. The van der Waals surface area contributed by atoms with E-state index in [-0.39, 0.29) is 25.0 Å². The lowest BCUT2D eigenvalue weighted by molar-refractivity contribution is -0.138. The van der Waals surface area contributed by atoms with Gasteiger partial charge in [0.05, 0.1) is 13.0 Å². The number of hydrogen-bond donors (Lipinski definition) is 3. The summed E-state index contributed by atoms with van der Waals surface area (Å²) in [7, 11) is 0. The molecule has 2 unspecified atom stereocenters. The summed E-state index contributed by atoms with van der Waals surface area (Å²) in [6, 6.07) is -0.291. The van der Waals surface area contributed by atoms with Gasteiger partial charge in [0.15, 0.2) is 0 Å². The molecule has 1 amide bonds. The van der Waals surface area contributed by atoms with E-state index in [1.807, 2.05) is 0 Å². The first-order valence-electron chi connectivity index (χ1n) is 5.91. The molecule has 1 aliphatic carbocycles. The molecule has 1 heterocycles. The summed E-state index contributed by atoms with van der Waals surface area (Å²) in [5.74, 6) is -0.884. The third kappa shape index (κ3) is 2.95. The van der Waals surface area contributed by atoms with Gasteiger partial charge in [0.1, 0.15) is 5.54 Å². The van der Waals surface area contributed by atoms with Gasteiger partial charge in [-0.25, -0.2) is 0 Å². The number of nitrogens with one attached hydrogen (secondary N) is 1. The molecule has 2 aliphatic rings. The second kappa shape index (κ2) is 4.62. The van der Waals surface area contributed by atoms with Gasteiger partial charge in [-0.1, -0.05) is 0 Å². The van der Waals surface area contributed by atoms with Crippen LogP contribution in [0, 0.1) is 5.92 Å². The van der Waals surface area contributed by atoms with Gasteiger partial charge in [-0.15, -0.1) is 0 Å². The molecule has 4 N–H and O–H groups in total. The Morgan fingerprint density at radius 3 is 2.71 bits per heavy atom. The van der Waals surface area contributed by atoms with E-state index in [2.05, 4.69) is 5.32 Å². The van der Waals surface area contributed by atoms with Crippen LogP contribution in [0.1, 0.15) is 25.7 Å². The highest BCUT2D eigenvalue weighted by molar-refractivity contribution is 5.87. The second-order valence-corrected chi connectivity index (χ2v) is 4.97. The van der Waals surface area contributed by atoms with Gasteiger partial charge in [0.25, 0.3) is 0 Å². The first-order chi connectivity index (χ1) is 8.01. The Labute approximate surface area is 99.5 Å². The number of amides is 1. The molecule has 1 aliphatic heterocycles. The average molecular weight is 242 g/mol. The minimum atomic E-state index is -0.981. The van der Waals surface area contributed by atoms with Crippen LogP contribution in [0.5, 0.6) is 0 Å². The number of carboxylic acid groups (broad SMARTS) is 1. The molecule has 0 bridgehead atoms. The minimum Gasteiger partial charge on any atom is -0.481 e. The third-order valence-electron chi connectivity index (χ3n) is 3.41. The third-order valence-corrected chi connectivity index (χ3v) is 3.41. The zero-order valence-electron chi connectivity index (χ0n) is 9.65. The maximum absolute atomic E-state index is 12.0. The number of ether oxygens (including phenoxy) is 1. The first kappa shape index (κ1) is 12.3. The average Bonchev–Trinajstić information content (AvgIpc) is 3.00. The van der Waals surface area contributed by atoms with Crippen LogP contribution in [0.3, 0.4) is 0 Å². The largest absolute Gasteiger partial charge is 0.481 e. The van der Waals surface area contributed by atoms with Crippen LogP contribution in [-0.2, 0) is 14.3 Å². The topological polar surface area (TPSA) is 102 Å². The molecule has 2 atom stereocenters. The first-order valence-corrected chi connectivity index (χ1v) is 5.91. The van der Waals surface area contributed by atoms with Crippen molar-refractivity contribution in [1.29, 1.82) is 0 Å².